The van der Waals surface area contributed by atoms with Gasteiger partial charge in [-0.05, 0) is 0 Å². The number of hydrogen-bond acceptors (Lipinski definition) is 6. The van der Waals surface area contributed by atoms with Gasteiger partial charge in [-0.2, -0.15) is 0 Å². The second kappa shape index (κ2) is 4.23. The molecule has 0 atom stereocenters. The van der Waals surface area contributed by atoms with E-state index in [0.29, 0.717) is 0 Å². The van der Waals surface area contributed by atoms with Crippen LogP contribution in [0.4, 0.5) is 0 Å². The molecule has 1 rings (SSSR count). The van der Waals surface area contributed by atoms with Gasteiger partial charge in [-0.25, -0.2) is 23.2 Å². The predicted octanol–water partition coefficient (Wildman–Crippen LogP) is -0.404. The fourth-order valence-electron chi connectivity index (χ4n) is 0.850. The minimum Gasteiger partial charge on any atom is -0.476 e. The average molecular weight is 251 g/mol. The summed E-state index contributed by atoms with van der Waals surface area (Å²) in [7, 11) is -0.870. The van der Waals surface area contributed by atoms with Gasteiger partial charge in [0.25, 0.3) is 10.0 Å². The zero-order valence-corrected chi connectivity index (χ0v) is 9.59. The Hall–Kier alpha value is -1.03. The Morgan fingerprint density at radius 3 is 2.67 bits per heavy atom. The van der Waals surface area contributed by atoms with Crippen LogP contribution >= 0.6 is 11.3 Å². The van der Waals surface area contributed by atoms with E-state index < -0.39 is 21.7 Å². The number of hydrazine groups is 1. The maximum absolute atomic E-state index is 11.6. The van der Waals surface area contributed by atoms with Crippen molar-refractivity contribution in [3.05, 3.63) is 11.2 Å². The molecule has 7 nitrogen and oxygen atoms in total. The quantitative estimate of drug-likeness (QED) is 0.706. The molecular weight excluding hydrogens is 242 g/mol. The molecule has 9 heteroatoms. The number of carboxylic acid groups (broad SMARTS) is 1. The number of sulfonamides is 1. The first-order chi connectivity index (χ1) is 6.84. The average Bonchev–Trinajstić information content (AvgIpc) is 2.48. The smallest absolute Gasteiger partial charge is 0.356 e. The van der Waals surface area contributed by atoms with Crippen molar-refractivity contribution in [3.63, 3.8) is 0 Å². The lowest BCUT2D eigenvalue weighted by molar-refractivity contribution is 0.0687. The Morgan fingerprint density at radius 1 is 1.60 bits per heavy atom. The molecule has 0 unspecified atom stereocenters. The van der Waals surface area contributed by atoms with Crippen LogP contribution in [0.25, 0.3) is 0 Å². The molecule has 1 aromatic heterocycles. The fourth-order valence-corrected chi connectivity index (χ4v) is 3.06. The van der Waals surface area contributed by atoms with Gasteiger partial charge in [-0.1, -0.05) is 0 Å². The molecule has 1 aromatic rings. The van der Waals surface area contributed by atoms with Crippen LogP contribution < -0.4 is 4.83 Å². The number of nitrogens with zero attached hydrogens (tertiary/aromatic N) is 2. The number of thiazole rings is 1. The summed E-state index contributed by atoms with van der Waals surface area (Å²) >= 11 is 0.758. The molecule has 15 heavy (non-hydrogen) atoms. The second-order valence-corrected chi connectivity index (χ2v) is 5.49. The number of nitrogens with one attached hydrogen (secondary N) is 1. The molecule has 0 aliphatic carbocycles. The van der Waals surface area contributed by atoms with E-state index in [-0.39, 0.29) is 4.21 Å². The lowest BCUT2D eigenvalue weighted by Gasteiger charge is -2.10. The van der Waals surface area contributed by atoms with E-state index in [9.17, 15) is 13.2 Å². The molecule has 1 heterocycles. The molecule has 0 saturated carbocycles. The van der Waals surface area contributed by atoms with Gasteiger partial charge in [-0.15, -0.1) is 16.2 Å². The van der Waals surface area contributed by atoms with Crippen molar-refractivity contribution >= 4 is 27.3 Å². The summed E-state index contributed by atoms with van der Waals surface area (Å²) in [4.78, 5) is 16.3. The Labute approximate surface area is 90.4 Å². The van der Waals surface area contributed by atoms with Crippen molar-refractivity contribution in [1.29, 1.82) is 0 Å². The van der Waals surface area contributed by atoms with Gasteiger partial charge in [0.05, 0.1) is 5.51 Å². The van der Waals surface area contributed by atoms with Crippen molar-refractivity contribution in [2.24, 2.45) is 0 Å². The normalized spacial score (nSPS) is 11.9. The molecule has 0 aliphatic rings. The Bertz CT molecular complexity index is 464. The number of aromatic nitrogens is 1. The van der Waals surface area contributed by atoms with Gasteiger partial charge >= 0.3 is 5.97 Å². The van der Waals surface area contributed by atoms with Gasteiger partial charge in [0, 0.05) is 14.1 Å². The third-order valence-electron chi connectivity index (χ3n) is 1.28. The molecule has 0 radical (unpaired) electrons. The van der Waals surface area contributed by atoms with Crippen molar-refractivity contribution < 1.29 is 18.3 Å². The lowest BCUT2D eigenvalue weighted by atomic mass is 10.5. The Kier molecular flexibility index (Phi) is 3.39. The van der Waals surface area contributed by atoms with Crippen LogP contribution in [-0.4, -0.2) is 43.6 Å². The summed E-state index contributed by atoms with van der Waals surface area (Å²) in [6.07, 6.45) is 0. The fraction of sp³-hybridized carbons (Fsp3) is 0.333. The minimum atomic E-state index is -3.84. The highest BCUT2D eigenvalue weighted by molar-refractivity contribution is 7.91. The van der Waals surface area contributed by atoms with Crippen molar-refractivity contribution in [3.8, 4) is 0 Å². The molecule has 0 spiro atoms. The highest BCUT2D eigenvalue weighted by Crippen LogP contribution is 2.19. The SMILES string of the molecule is CN(C)NS(=O)(=O)c1scnc1C(=O)O. The van der Waals surface area contributed by atoms with E-state index in [1.165, 1.54) is 24.6 Å². The molecule has 0 amide bonds. The number of hydrogen-bond donors (Lipinski definition) is 2. The van der Waals surface area contributed by atoms with Gasteiger partial charge < -0.3 is 5.11 Å². The van der Waals surface area contributed by atoms with Crippen LogP contribution in [-0.2, 0) is 10.0 Å². The monoisotopic (exact) mass is 251 g/mol. The zero-order valence-electron chi connectivity index (χ0n) is 7.96. The molecule has 0 saturated heterocycles. The predicted molar refractivity (Wildman–Crippen MR) is 53.1 cm³/mol. The first-order valence-corrected chi connectivity index (χ1v) is 6.07. The van der Waals surface area contributed by atoms with Gasteiger partial charge in [0.15, 0.2) is 9.90 Å². The Balaban J connectivity index is 3.16. The number of rotatable bonds is 4. The van der Waals surface area contributed by atoms with Gasteiger partial charge in [-0.3, -0.25) is 0 Å². The van der Waals surface area contributed by atoms with E-state index in [0.717, 1.165) is 11.3 Å². The largest absolute Gasteiger partial charge is 0.476 e. The van der Waals surface area contributed by atoms with Crippen molar-refractivity contribution in [2.75, 3.05) is 14.1 Å². The lowest BCUT2D eigenvalue weighted by Crippen LogP contribution is -2.36. The first-order valence-electron chi connectivity index (χ1n) is 3.71. The summed E-state index contributed by atoms with van der Waals surface area (Å²) in [5.74, 6) is -1.37. The highest BCUT2D eigenvalue weighted by Gasteiger charge is 2.25. The maximum Gasteiger partial charge on any atom is 0.356 e. The number of aromatic carboxylic acids is 1. The summed E-state index contributed by atoms with van der Waals surface area (Å²) in [6.45, 7) is 0. The van der Waals surface area contributed by atoms with Crippen LogP contribution in [0.1, 0.15) is 10.5 Å². The molecular formula is C6H9N3O4S2. The molecule has 0 aliphatic heterocycles. The maximum atomic E-state index is 11.6. The summed E-state index contributed by atoms with van der Waals surface area (Å²) in [6, 6.07) is 0. The summed E-state index contributed by atoms with van der Waals surface area (Å²) < 4.78 is 22.9. The van der Waals surface area contributed by atoms with E-state index in [2.05, 4.69) is 9.82 Å². The first kappa shape index (κ1) is 12.0. The zero-order chi connectivity index (χ0) is 11.6. The van der Waals surface area contributed by atoms with Crippen LogP contribution in [0, 0.1) is 0 Å². The molecule has 2 N–H and O–H groups in total. The minimum absolute atomic E-state index is 0.302. The van der Waals surface area contributed by atoms with E-state index in [4.69, 9.17) is 5.11 Å². The van der Waals surface area contributed by atoms with Crippen LogP contribution in [0.5, 0.6) is 0 Å². The molecule has 0 aromatic carbocycles. The third-order valence-corrected chi connectivity index (χ3v) is 4.14. The standard InChI is InChI=1S/C6H9N3O4S2/c1-9(2)8-15(12,13)6-4(5(10)11)7-3-14-6/h3,8H,1-2H3,(H,10,11). The van der Waals surface area contributed by atoms with Crippen LogP contribution in [0.15, 0.2) is 9.72 Å². The van der Waals surface area contributed by atoms with Crippen LogP contribution in [0.2, 0.25) is 0 Å². The number of carbonyl (C=O) groups is 1. The van der Waals surface area contributed by atoms with E-state index >= 15 is 0 Å². The molecule has 0 fully saturated rings. The van der Waals surface area contributed by atoms with Crippen molar-refractivity contribution in [2.45, 2.75) is 4.21 Å². The highest BCUT2D eigenvalue weighted by atomic mass is 32.2. The van der Waals surface area contributed by atoms with Gasteiger partial charge in [0.2, 0.25) is 0 Å². The Morgan fingerprint density at radius 2 is 2.20 bits per heavy atom. The summed E-state index contributed by atoms with van der Waals surface area (Å²) in [5.41, 5.74) is 0.711. The van der Waals surface area contributed by atoms with Gasteiger partial charge in [0.1, 0.15) is 0 Å². The van der Waals surface area contributed by atoms with Crippen molar-refractivity contribution in [1.82, 2.24) is 14.8 Å². The second-order valence-electron chi connectivity index (χ2n) is 2.78. The third kappa shape index (κ3) is 2.72. The summed E-state index contributed by atoms with van der Waals surface area (Å²) in [5, 5.41) is 9.90. The van der Waals surface area contributed by atoms with E-state index in [1.807, 2.05) is 0 Å². The molecule has 84 valence electrons. The van der Waals surface area contributed by atoms with E-state index in [1.54, 1.807) is 0 Å². The number of carboxylic acids is 1. The molecule has 0 bridgehead atoms. The van der Waals surface area contributed by atoms with Crippen LogP contribution in [0.3, 0.4) is 0 Å². The topological polar surface area (TPSA) is 99.6 Å².